The van der Waals surface area contributed by atoms with Gasteiger partial charge in [0.1, 0.15) is 18.7 Å². The fraction of sp³-hybridized carbons (Fsp3) is 0.346. The van der Waals surface area contributed by atoms with Crippen molar-refractivity contribution in [3.8, 4) is 11.1 Å². The number of nitrogens with zero attached hydrogens (tertiary/aromatic N) is 1. The van der Waals surface area contributed by atoms with E-state index in [4.69, 9.17) is 4.74 Å². The smallest absolute Gasteiger partial charge is 0.407 e. The van der Waals surface area contributed by atoms with E-state index >= 15 is 0 Å². The Morgan fingerprint density at radius 1 is 1.03 bits per heavy atom. The molecule has 0 aromatic heterocycles. The van der Waals surface area contributed by atoms with Crippen LogP contribution in [-0.4, -0.2) is 67.3 Å². The Hall–Kier alpha value is -3.65. The van der Waals surface area contributed by atoms with Crippen molar-refractivity contribution in [1.29, 1.82) is 0 Å². The van der Waals surface area contributed by atoms with E-state index in [2.05, 4.69) is 29.3 Å². The largest absolute Gasteiger partial charge is 0.480 e. The van der Waals surface area contributed by atoms with Gasteiger partial charge in [-0.3, -0.25) is 4.79 Å². The maximum Gasteiger partial charge on any atom is 0.407 e. The van der Waals surface area contributed by atoms with Crippen LogP contribution in [0.1, 0.15) is 29.9 Å². The third-order valence-corrected chi connectivity index (χ3v) is 5.77. The van der Waals surface area contributed by atoms with E-state index in [0.29, 0.717) is 6.42 Å². The summed E-state index contributed by atoms with van der Waals surface area (Å²) in [5.41, 5.74) is 4.42. The van der Waals surface area contributed by atoms with Gasteiger partial charge in [-0.25, -0.2) is 9.59 Å². The summed E-state index contributed by atoms with van der Waals surface area (Å²) in [6.07, 6.45) is 1.64. The summed E-state index contributed by atoms with van der Waals surface area (Å²) < 4.78 is 5.54. The van der Waals surface area contributed by atoms with E-state index in [1.165, 1.54) is 0 Å². The van der Waals surface area contributed by atoms with Gasteiger partial charge in [0.25, 0.3) is 0 Å². The Kier molecular flexibility index (Phi) is 8.43. The van der Waals surface area contributed by atoms with Crippen LogP contribution in [0, 0.1) is 0 Å². The highest BCUT2D eigenvalue weighted by Gasteiger charge is 2.30. The zero-order valence-electron chi connectivity index (χ0n) is 19.5. The second-order valence-corrected chi connectivity index (χ2v) is 8.55. The van der Waals surface area contributed by atoms with Crippen LogP contribution >= 0.6 is 0 Å². The monoisotopic (exact) mass is 465 g/mol. The number of aliphatic carboxylic acids is 1. The lowest BCUT2D eigenvalue weighted by molar-refractivity contribution is -0.142. The minimum Gasteiger partial charge on any atom is -0.480 e. The number of benzene rings is 2. The van der Waals surface area contributed by atoms with Crippen LogP contribution in [0.15, 0.2) is 61.2 Å². The van der Waals surface area contributed by atoms with E-state index < -0.39 is 30.1 Å². The third-order valence-electron chi connectivity index (χ3n) is 5.77. The van der Waals surface area contributed by atoms with E-state index in [9.17, 15) is 19.5 Å². The number of hydrogen-bond donors (Lipinski definition) is 3. The molecule has 0 spiro atoms. The molecule has 2 unspecified atom stereocenters. The molecule has 0 heterocycles. The number of nitrogens with one attached hydrogen (secondary N) is 2. The molecule has 2 aromatic rings. The number of allylic oxidation sites excluding steroid dienone is 1. The van der Waals surface area contributed by atoms with E-state index in [1.807, 2.05) is 36.4 Å². The van der Waals surface area contributed by atoms with Crippen molar-refractivity contribution in [3.63, 3.8) is 0 Å². The summed E-state index contributed by atoms with van der Waals surface area (Å²) in [7, 11) is 3.43. The number of carboxylic acid groups (broad SMARTS) is 1. The van der Waals surface area contributed by atoms with Crippen LogP contribution in [0.2, 0.25) is 0 Å². The normalized spacial score (nSPS) is 14.0. The molecule has 3 N–H and O–H groups in total. The van der Waals surface area contributed by atoms with Gasteiger partial charge in [0.15, 0.2) is 0 Å². The van der Waals surface area contributed by atoms with Gasteiger partial charge in [-0.15, -0.1) is 6.58 Å². The van der Waals surface area contributed by atoms with Crippen LogP contribution in [0.4, 0.5) is 4.79 Å². The molecule has 0 radical (unpaired) electrons. The molecule has 0 saturated carbocycles. The Labute approximate surface area is 199 Å². The molecule has 2 atom stereocenters. The fourth-order valence-corrected chi connectivity index (χ4v) is 4.16. The Morgan fingerprint density at radius 3 is 2.15 bits per heavy atom. The number of carbonyl (C=O) groups excluding carboxylic acids is 2. The summed E-state index contributed by atoms with van der Waals surface area (Å²) >= 11 is 0. The van der Waals surface area contributed by atoms with Gasteiger partial charge in [-0.05, 0) is 49.2 Å². The fourth-order valence-electron chi connectivity index (χ4n) is 4.16. The molecule has 8 heteroatoms. The van der Waals surface area contributed by atoms with Crippen LogP contribution in [0.3, 0.4) is 0 Å². The van der Waals surface area contributed by atoms with Gasteiger partial charge in [-0.2, -0.15) is 0 Å². The summed E-state index contributed by atoms with van der Waals surface area (Å²) in [6.45, 7) is 3.90. The van der Waals surface area contributed by atoms with Crippen LogP contribution in [0.5, 0.6) is 0 Å². The number of fused-ring (bicyclic) bond motifs is 3. The molecular formula is C26H31N3O5. The molecule has 0 saturated heterocycles. The zero-order chi connectivity index (χ0) is 24.7. The molecule has 34 heavy (non-hydrogen) atoms. The summed E-state index contributed by atoms with van der Waals surface area (Å²) in [5.74, 6) is -1.83. The van der Waals surface area contributed by atoms with Gasteiger partial charge >= 0.3 is 12.1 Å². The lowest BCUT2D eigenvalue weighted by Crippen LogP contribution is -2.54. The van der Waals surface area contributed by atoms with Gasteiger partial charge in [0.05, 0.1) is 0 Å². The molecule has 1 aliphatic rings. The lowest BCUT2D eigenvalue weighted by atomic mass is 9.98. The predicted molar refractivity (Wildman–Crippen MR) is 130 cm³/mol. The molecule has 2 amide bonds. The van der Waals surface area contributed by atoms with Crippen molar-refractivity contribution < 1.29 is 24.2 Å². The molecule has 1 aliphatic carbocycles. The second-order valence-electron chi connectivity index (χ2n) is 8.55. The number of rotatable bonds is 11. The second kappa shape index (κ2) is 11.5. The number of amides is 2. The minimum absolute atomic E-state index is 0.102. The zero-order valence-corrected chi connectivity index (χ0v) is 19.5. The highest BCUT2D eigenvalue weighted by Crippen LogP contribution is 2.44. The van der Waals surface area contributed by atoms with Crippen molar-refractivity contribution >= 4 is 18.0 Å². The standard InChI is InChI=1S/C26H31N3O5/c1-4-5-14-22(24(30)27-23(25(31)32)15-29(2)3)28-26(33)34-16-21-19-12-8-6-10-17(19)18-11-7-9-13-20(18)21/h4,6-13,21-23H,1,5,14-16H2,2-3H3,(H,27,30)(H,28,33)(H,31,32). The van der Waals surface area contributed by atoms with Crippen LogP contribution in [0.25, 0.3) is 11.1 Å². The summed E-state index contributed by atoms with van der Waals surface area (Å²) in [4.78, 5) is 38.6. The molecule has 2 aromatic carbocycles. The van der Waals surface area contributed by atoms with Gasteiger partial charge in [0, 0.05) is 12.5 Å². The number of hydrogen-bond acceptors (Lipinski definition) is 5. The van der Waals surface area contributed by atoms with Crippen molar-refractivity contribution in [3.05, 3.63) is 72.3 Å². The van der Waals surface area contributed by atoms with E-state index in [1.54, 1.807) is 25.1 Å². The Morgan fingerprint density at radius 2 is 1.62 bits per heavy atom. The van der Waals surface area contributed by atoms with E-state index in [-0.39, 0.29) is 25.5 Å². The van der Waals surface area contributed by atoms with Gasteiger partial charge < -0.3 is 25.4 Å². The summed E-state index contributed by atoms with van der Waals surface area (Å²) in [5, 5.41) is 14.5. The summed E-state index contributed by atoms with van der Waals surface area (Å²) in [6, 6.07) is 14.0. The van der Waals surface area contributed by atoms with Crippen molar-refractivity contribution in [2.45, 2.75) is 30.8 Å². The highest BCUT2D eigenvalue weighted by molar-refractivity contribution is 5.89. The highest BCUT2D eigenvalue weighted by atomic mass is 16.5. The predicted octanol–water partition coefficient (Wildman–Crippen LogP) is 2.99. The molecule has 0 aliphatic heterocycles. The van der Waals surface area contributed by atoms with Gasteiger partial charge in [0.2, 0.25) is 5.91 Å². The minimum atomic E-state index is -1.15. The van der Waals surface area contributed by atoms with Crippen molar-refractivity contribution in [1.82, 2.24) is 15.5 Å². The molecular weight excluding hydrogens is 434 g/mol. The molecule has 8 nitrogen and oxygen atoms in total. The number of ether oxygens (including phenoxy) is 1. The Bertz CT molecular complexity index is 1010. The topological polar surface area (TPSA) is 108 Å². The average Bonchev–Trinajstić information content (AvgIpc) is 3.13. The number of likely N-dealkylation sites (N-methyl/N-ethyl adjacent to an activating group) is 1. The lowest BCUT2D eigenvalue weighted by Gasteiger charge is -2.23. The molecule has 0 fully saturated rings. The molecule has 0 bridgehead atoms. The van der Waals surface area contributed by atoms with Gasteiger partial charge in [-0.1, -0.05) is 54.6 Å². The molecule has 180 valence electrons. The first kappa shape index (κ1) is 25.0. The number of carbonyl (C=O) groups is 3. The number of alkyl carbamates (subject to hydrolysis) is 1. The average molecular weight is 466 g/mol. The molecule has 3 rings (SSSR count). The first-order chi connectivity index (χ1) is 16.3. The van der Waals surface area contributed by atoms with Crippen LogP contribution in [-0.2, 0) is 14.3 Å². The first-order valence-corrected chi connectivity index (χ1v) is 11.2. The SMILES string of the molecule is C=CCCC(NC(=O)OCC1c2ccccc2-c2ccccc21)C(=O)NC(CN(C)C)C(=O)O. The Balaban J connectivity index is 1.65. The van der Waals surface area contributed by atoms with E-state index in [0.717, 1.165) is 22.3 Å². The van der Waals surface area contributed by atoms with Crippen molar-refractivity contribution in [2.75, 3.05) is 27.2 Å². The maximum absolute atomic E-state index is 12.8. The van der Waals surface area contributed by atoms with Crippen molar-refractivity contribution in [2.24, 2.45) is 0 Å². The van der Waals surface area contributed by atoms with Crippen LogP contribution < -0.4 is 10.6 Å². The quantitative estimate of drug-likeness (QED) is 0.441. The number of carboxylic acids is 1. The first-order valence-electron chi connectivity index (χ1n) is 11.2. The maximum atomic E-state index is 12.8. The third kappa shape index (κ3) is 6.02.